The van der Waals surface area contributed by atoms with Crippen LogP contribution in [-0.4, -0.2) is 19.0 Å². The maximum Gasteiger partial charge on any atom is 0.444 e. The van der Waals surface area contributed by atoms with E-state index in [0.29, 0.717) is 5.17 Å². The standard InChI is InChI=1S/C9H7FN2O5/c1-15-7-3-2-5(4-6(7)10)12-11-16-8(13)9(14)17-12/h2-4,11H,1H3. The van der Waals surface area contributed by atoms with Crippen molar-refractivity contribution in [1.82, 2.24) is 5.59 Å². The lowest BCUT2D eigenvalue weighted by atomic mass is 10.3. The SMILES string of the molecule is COc1ccc(N2NOC(=O)C(=O)O2)cc1F. The number of hydrazine groups is 1. The molecule has 90 valence electrons. The van der Waals surface area contributed by atoms with E-state index in [1.807, 2.05) is 5.59 Å². The van der Waals surface area contributed by atoms with Crippen LogP contribution >= 0.6 is 0 Å². The summed E-state index contributed by atoms with van der Waals surface area (Å²) in [7, 11) is 1.32. The molecule has 0 atom stereocenters. The summed E-state index contributed by atoms with van der Waals surface area (Å²) in [5, 5.41) is 0.715. The third kappa shape index (κ3) is 2.11. The van der Waals surface area contributed by atoms with Crippen LogP contribution in [0.2, 0.25) is 0 Å². The Labute approximate surface area is 94.5 Å². The van der Waals surface area contributed by atoms with Gasteiger partial charge in [0, 0.05) is 6.07 Å². The molecule has 1 fully saturated rings. The van der Waals surface area contributed by atoms with Gasteiger partial charge in [-0.3, -0.25) is 0 Å². The number of methoxy groups -OCH3 is 1. The molecule has 17 heavy (non-hydrogen) atoms. The minimum absolute atomic E-state index is 0.0362. The van der Waals surface area contributed by atoms with Crippen LogP contribution in [0.4, 0.5) is 10.1 Å². The molecule has 1 saturated heterocycles. The van der Waals surface area contributed by atoms with E-state index in [0.717, 1.165) is 6.07 Å². The smallest absolute Gasteiger partial charge is 0.444 e. The predicted octanol–water partition coefficient (Wildman–Crippen LogP) is 0.0753. The van der Waals surface area contributed by atoms with E-state index in [1.165, 1.54) is 19.2 Å². The summed E-state index contributed by atoms with van der Waals surface area (Å²) in [6.45, 7) is 0. The number of ether oxygens (including phenoxy) is 1. The van der Waals surface area contributed by atoms with Crippen molar-refractivity contribution in [2.24, 2.45) is 0 Å². The molecule has 0 amide bonds. The molecule has 2 rings (SSSR count). The lowest BCUT2D eigenvalue weighted by Gasteiger charge is -2.25. The average molecular weight is 242 g/mol. The fourth-order valence-corrected chi connectivity index (χ4v) is 1.15. The minimum atomic E-state index is -1.21. The maximum atomic E-state index is 13.4. The van der Waals surface area contributed by atoms with Gasteiger partial charge in [-0.2, -0.15) is 0 Å². The third-order valence-corrected chi connectivity index (χ3v) is 1.93. The van der Waals surface area contributed by atoms with Crippen LogP contribution in [0.1, 0.15) is 0 Å². The second-order valence-corrected chi connectivity index (χ2v) is 2.97. The van der Waals surface area contributed by atoms with Gasteiger partial charge in [-0.1, -0.05) is 0 Å². The first kappa shape index (κ1) is 11.1. The second kappa shape index (κ2) is 4.26. The molecule has 0 aliphatic carbocycles. The van der Waals surface area contributed by atoms with Crippen LogP contribution in [-0.2, 0) is 19.3 Å². The number of carbonyl (C=O) groups excluding carboxylic acids is 2. The second-order valence-electron chi connectivity index (χ2n) is 2.97. The minimum Gasteiger partial charge on any atom is -0.494 e. The highest BCUT2D eigenvalue weighted by Gasteiger charge is 2.29. The van der Waals surface area contributed by atoms with Gasteiger partial charge in [-0.05, 0) is 17.7 Å². The van der Waals surface area contributed by atoms with Crippen molar-refractivity contribution in [3.8, 4) is 5.75 Å². The van der Waals surface area contributed by atoms with Crippen LogP contribution in [0.5, 0.6) is 5.75 Å². The lowest BCUT2D eigenvalue weighted by Crippen LogP contribution is -2.49. The normalized spacial score (nSPS) is 15.3. The lowest BCUT2D eigenvalue weighted by molar-refractivity contribution is -0.192. The average Bonchev–Trinajstić information content (AvgIpc) is 2.32. The number of halogens is 1. The van der Waals surface area contributed by atoms with Gasteiger partial charge in [-0.15, -0.1) is 5.17 Å². The zero-order valence-corrected chi connectivity index (χ0v) is 8.60. The largest absolute Gasteiger partial charge is 0.494 e. The Morgan fingerprint density at radius 1 is 1.35 bits per heavy atom. The zero-order chi connectivity index (χ0) is 12.4. The Morgan fingerprint density at radius 3 is 2.71 bits per heavy atom. The summed E-state index contributed by atoms with van der Waals surface area (Å²) in [5.74, 6) is -3.01. The van der Waals surface area contributed by atoms with Gasteiger partial charge < -0.3 is 14.4 Å². The highest BCUT2D eigenvalue weighted by Crippen LogP contribution is 2.23. The first-order valence-corrected chi connectivity index (χ1v) is 4.44. The van der Waals surface area contributed by atoms with Crippen LogP contribution in [0.3, 0.4) is 0 Å². The number of rotatable bonds is 2. The van der Waals surface area contributed by atoms with Crippen LogP contribution < -0.4 is 15.5 Å². The number of nitrogens with zero attached hydrogens (tertiary/aromatic N) is 1. The van der Waals surface area contributed by atoms with E-state index in [1.54, 1.807) is 0 Å². The highest BCUT2D eigenvalue weighted by molar-refractivity contribution is 6.30. The zero-order valence-electron chi connectivity index (χ0n) is 8.60. The van der Waals surface area contributed by atoms with Crippen molar-refractivity contribution in [2.75, 3.05) is 12.3 Å². The fraction of sp³-hybridized carbons (Fsp3) is 0.111. The Hall–Kier alpha value is -2.35. The highest BCUT2D eigenvalue weighted by atomic mass is 19.1. The molecule has 8 heteroatoms. The van der Waals surface area contributed by atoms with Crippen molar-refractivity contribution in [1.29, 1.82) is 0 Å². The number of hydrogen-bond acceptors (Lipinski definition) is 7. The van der Waals surface area contributed by atoms with E-state index in [4.69, 9.17) is 4.74 Å². The quantitative estimate of drug-likeness (QED) is 0.735. The Bertz CT molecular complexity index is 478. The molecule has 1 aliphatic rings. The molecule has 1 aliphatic heterocycles. The topological polar surface area (TPSA) is 77.1 Å². The number of hydrogen-bond donors (Lipinski definition) is 1. The molecule has 0 aromatic heterocycles. The Kier molecular flexibility index (Phi) is 2.79. The molecule has 0 radical (unpaired) electrons. The number of nitrogens with one attached hydrogen (secondary N) is 1. The molecule has 0 unspecified atom stereocenters. The number of benzene rings is 1. The Morgan fingerprint density at radius 2 is 2.12 bits per heavy atom. The number of anilines is 1. The van der Waals surface area contributed by atoms with Crippen molar-refractivity contribution < 1.29 is 28.4 Å². The molecule has 1 aromatic rings. The third-order valence-electron chi connectivity index (χ3n) is 1.93. The van der Waals surface area contributed by atoms with Crippen molar-refractivity contribution in [2.45, 2.75) is 0 Å². The molecule has 1 heterocycles. The van der Waals surface area contributed by atoms with Gasteiger partial charge in [0.1, 0.15) is 5.69 Å². The van der Waals surface area contributed by atoms with Crippen LogP contribution in [0, 0.1) is 5.82 Å². The van der Waals surface area contributed by atoms with E-state index in [9.17, 15) is 14.0 Å². The molecular formula is C9H7FN2O5. The van der Waals surface area contributed by atoms with E-state index >= 15 is 0 Å². The van der Waals surface area contributed by atoms with Gasteiger partial charge in [0.25, 0.3) is 0 Å². The van der Waals surface area contributed by atoms with Gasteiger partial charge in [0.15, 0.2) is 11.6 Å². The first-order valence-electron chi connectivity index (χ1n) is 4.44. The van der Waals surface area contributed by atoms with E-state index < -0.39 is 17.8 Å². The molecular weight excluding hydrogens is 235 g/mol. The van der Waals surface area contributed by atoms with Crippen molar-refractivity contribution >= 4 is 17.6 Å². The summed E-state index contributed by atoms with van der Waals surface area (Å²) in [6.07, 6.45) is 0. The van der Waals surface area contributed by atoms with E-state index in [-0.39, 0.29) is 11.4 Å². The molecule has 0 saturated carbocycles. The van der Waals surface area contributed by atoms with Crippen molar-refractivity contribution in [3.05, 3.63) is 24.0 Å². The molecule has 7 nitrogen and oxygen atoms in total. The van der Waals surface area contributed by atoms with Gasteiger partial charge >= 0.3 is 11.9 Å². The van der Waals surface area contributed by atoms with Gasteiger partial charge in [0.2, 0.25) is 0 Å². The monoisotopic (exact) mass is 242 g/mol. The van der Waals surface area contributed by atoms with Gasteiger partial charge in [-0.25, -0.2) is 14.0 Å². The first-order chi connectivity index (χ1) is 8.11. The molecule has 1 aromatic carbocycles. The predicted molar refractivity (Wildman–Crippen MR) is 50.8 cm³/mol. The van der Waals surface area contributed by atoms with Crippen LogP contribution in [0.25, 0.3) is 0 Å². The molecule has 0 bridgehead atoms. The van der Waals surface area contributed by atoms with Crippen LogP contribution in [0.15, 0.2) is 18.2 Å². The summed E-state index contributed by atoms with van der Waals surface area (Å²) >= 11 is 0. The van der Waals surface area contributed by atoms with E-state index in [2.05, 4.69) is 9.68 Å². The molecule has 1 N–H and O–H groups in total. The summed E-state index contributed by atoms with van der Waals surface area (Å²) in [6, 6.07) is 3.77. The Balaban J connectivity index is 2.20. The number of carbonyl (C=O) groups is 2. The maximum absolute atomic E-state index is 13.4. The van der Waals surface area contributed by atoms with Gasteiger partial charge in [0.05, 0.1) is 7.11 Å². The summed E-state index contributed by atoms with van der Waals surface area (Å²) in [4.78, 5) is 30.3. The summed E-state index contributed by atoms with van der Waals surface area (Å²) in [5.41, 5.74) is 2.14. The van der Waals surface area contributed by atoms with Crippen molar-refractivity contribution in [3.63, 3.8) is 0 Å². The summed E-state index contributed by atoms with van der Waals surface area (Å²) < 4.78 is 18.1. The fourth-order valence-electron chi connectivity index (χ4n) is 1.15. The molecule has 0 spiro atoms.